The molecule has 0 aliphatic heterocycles. The molecule has 0 aliphatic carbocycles. The number of amides is 1. The Morgan fingerprint density at radius 1 is 1.36 bits per heavy atom. The summed E-state index contributed by atoms with van der Waals surface area (Å²) in [6.07, 6.45) is 3.16. The Hall–Kier alpha value is -2.31. The number of methoxy groups -OCH3 is 1. The van der Waals surface area contributed by atoms with Crippen LogP contribution in [0.5, 0.6) is 11.5 Å². The molecule has 1 amide bonds. The van der Waals surface area contributed by atoms with Gasteiger partial charge in [-0.1, -0.05) is 24.3 Å². The molecule has 0 atom stereocenters. The first-order chi connectivity index (χ1) is 12.0. The van der Waals surface area contributed by atoms with Crippen LogP contribution in [0, 0.1) is 0 Å². The van der Waals surface area contributed by atoms with E-state index < -0.39 is 0 Å². The largest absolute Gasteiger partial charge is 0.493 e. The second-order valence-electron chi connectivity index (χ2n) is 4.84. The van der Waals surface area contributed by atoms with E-state index in [-0.39, 0.29) is 5.91 Å². The minimum Gasteiger partial charge on any atom is -0.493 e. The third-order valence-electron chi connectivity index (χ3n) is 3.08. The van der Waals surface area contributed by atoms with Gasteiger partial charge in [-0.25, -0.2) is 5.43 Å². The van der Waals surface area contributed by atoms with Crippen molar-refractivity contribution in [2.24, 2.45) is 5.10 Å². The Balaban J connectivity index is 2.09. The minimum absolute atomic E-state index is 0.329. The van der Waals surface area contributed by atoms with Crippen LogP contribution in [0.4, 0.5) is 0 Å². The number of benzene rings is 2. The number of carbonyl (C=O) groups excluding carboxylic acids is 1. The molecule has 1 N–H and O–H groups in total. The van der Waals surface area contributed by atoms with E-state index in [9.17, 15) is 4.79 Å². The summed E-state index contributed by atoms with van der Waals surface area (Å²) in [5.41, 5.74) is 3.65. The number of rotatable bonds is 7. The lowest BCUT2D eigenvalue weighted by Crippen LogP contribution is -2.17. The van der Waals surface area contributed by atoms with Gasteiger partial charge >= 0.3 is 0 Å². The molecule has 2 rings (SSSR count). The first-order valence-electron chi connectivity index (χ1n) is 7.25. The molecular weight excluding hydrogens is 408 g/mol. The Morgan fingerprint density at radius 3 is 2.72 bits per heavy atom. The SMILES string of the molecule is C=CCOc1c(Br)cc(/C=N\NC(=O)c2ccc(Cl)cc2)cc1OC. The Bertz CT molecular complexity index is 792. The van der Waals surface area contributed by atoms with E-state index in [1.165, 1.54) is 6.21 Å². The van der Waals surface area contributed by atoms with Crippen molar-refractivity contribution in [3.05, 3.63) is 69.7 Å². The Labute approximate surface area is 159 Å². The second-order valence-corrected chi connectivity index (χ2v) is 6.13. The van der Waals surface area contributed by atoms with Crippen LogP contribution in [-0.2, 0) is 0 Å². The summed E-state index contributed by atoms with van der Waals surface area (Å²) in [5, 5.41) is 4.52. The summed E-state index contributed by atoms with van der Waals surface area (Å²) in [5.74, 6) is 0.788. The van der Waals surface area contributed by atoms with E-state index in [0.717, 1.165) is 5.56 Å². The van der Waals surface area contributed by atoms with E-state index in [1.807, 2.05) is 0 Å². The maximum Gasteiger partial charge on any atom is 0.271 e. The third kappa shape index (κ3) is 5.34. The lowest BCUT2D eigenvalue weighted by atomic mass is 10.2. The van der Waals surface area contributed by atoms with Crippen LogP contribution in [0.1, 0.15) is 15.9 Å². The topological polar surface area (TPSA) is 59.9 Å². The smallest absolute Gasteiger partial charge is 0.271 e. The van der Waals surface area contributed by atoms with Crippen molar-refractivity contribution < 1.29 is 14.3 Å². The maximum absolute atomic E-state index is 12.0. The average molecular weight is 424 g/mol. The van der Waals surface area contributed by atoms with Crippen LogP contribution in [0.2, 0.25) is 5.02 Å². The summed E-state index contributed by atoms with van der Waals surface area (Å²) in [6.45, 7) is 3.98. The van der Waals surface area contributed by atoms with E-state index in [1.54, 1.807) is 49.6 Å². The van der Waals surface area contributed by atoms with Crippen LogP contribution in [0.3, 0.4) is 0 Å². The number of hydrogen-bond donors (Lipinski definition) is 1. The van der Waals surface area contributed by atoms with Crippen molar-refractivity contribution in [2.45, 2.75) is 0 Å². The van der Waals surface area contributed by atoms with Crippen LogP contribution in [0.15, 0.2) is 58.6 Å². The molecule has 25 heavy (non-hydrogen) atoms. The normalized spacial score (nSPS) is 10.5. The fraction of sp³-hybridized carbons (Fsp3) is 0.111. The van der Waals surface area contributed by atoms with Gasteiger partial charge in [-0.2, -0.15) is 5.10 Å². The molecule has 0 spiro atoms. The second kappa shape index (κ2) is 9.25. The molecule has 2 aromatic carbocycles. The fourth-order valence-electron chi connectivity index (χ4n) is 1.93. The van der Waals surface area contributed by atoms with Gasteiger partial charge in [-0.3, -0.25) is 4.79 Å². The van der Waals surface area contributed by atoms with E-state index >= 15 is 0 Å². The van der Waals surface area contributed by atoms with Crippen LogP contribution >= 0.6 is 27.5 Å². The van der Waals surface area contributed by atoms with Crippen LogP contribution < -0.4 is 14.9 Å². The number of hydrazone groups is 1. The third-order valence-corrected chi connectivity index (χ3v) is 3.92. The van der Waals surface area contributed by atoms with E-state index in [4.69, 9.17) is 21.1 Å². The van der Waals surface area contributed by atoms with Gasteiger partial charge in [-0.05, 0) is 57.9 Å². The van der Waals surface area contributed by atoms with Gasteiger partial charge in [0.05, 0.1) is 17.8 Å². The van der Waals surface area contributed by atoms with Crippen molar-refractivity contribution >= 4 is 39.7 Å². The quantitative estimate of drug-likeness (QED) is 0.407. The van der Waals surface area contributed by atoms with Crippen LogP contribution in [-0.4, -0.2) is 25.8 Å². The molecule has 0 saturated carbocycles. The monoisotopic (exact) mass is 422 g/mol. The van der Waals surface area contributed by atoms with Gasteiger partial charge in [0, 0.05) is 10.6 Å². The minimum atomic E-state index is -0.329. The lowest BCUT2D eigenvalue weighted by Gasteiger charge is -2.12. The van der Waals surface area contributed by atoms with E-state index in [2.05, 4.69) is 33.0 Å². The summed E-state index contributed by atoms with van der Waals surface area (Å²) in [7, 11) is 1.55. The molecule has 5 nitrogen and oxygen atoms in total. The molecule has 0 aliphatic rings. The Kier molecular flexibility index (Phi) is 7.03. The molecule has 0 unspecified atom stereocenters. The van der Waals surface area contributed by atoms with Gasteiger partial charge in [-0.15, -0.1) is 0 Å². The molecule has 0 saturated heterocycles. The lowest BCUT2D eigenvalue weighted by molar-refractivity contribution is 0.0955. The molecular formula is C18H16BrClN2O3. The van der Waals surface area contributed by atoms with Crippen molar-refractivity contribution in [1.82, 2.24) is 5.43 Å². The van der Waals surface area contributed by atoms with Crippen molar-refractivity contribution in [2.75, 3.05) is 13.7 Å². The first kappa shape index (κ1) is 19.0. The molecule has 7 heteroatoms. The summed E-state index contributed by atoms with van der Waals surface area (Å²) < 4.78 is 11.6. The number of halogens is 2. The number of carbonyl (C=O) groups is 1. The van der Waals surface area contributed by atoms with Gasteiger partial charge in [0.25, 0.3) is 5.91 Å². The summed E-state index contributed by atoms with van der Waals surface area (Å²) in [6, 6.07) is 10.1. The first-order valence-corrected chi connectivity index (χ1v) is 8.42. The van der Waals surface area contributed by atoms with Crippen molar-refractivity contribution in [3.8, 4) is 11.5 Å². The van der Waals surface area contributed by atoms with Gasteiger partial charge < -0.3 is 9.47 Å². The van der Waals surface area contributed by atoms with E-state index in [0.29, 0.717) is 33.2 Å². The molecule has 0 fully saturated rings. The summed E-state index contributed by atoms with van der Waals surface area (Å²) >= 11 is 9.23. The Morgan fingerprint density at radius 2 is 2.08 bits per heavy atom. The number of nitrogens with zero attached hydrogens (tertiary/aromatic N) is 1. The number of hydrogen-bond acceptors (Lipinski definition) is 4. The highest BCUT2D eigenvalue weighted by atomic mass is 79.9. The molecule has 0 radical (unpaired) electrons. The molecule has 0 bridgehead atoms. The zero-order valence-electron chi connectivity index (χ0n) is 13.5. The highest BCUT2D eigenvalue weighted by molar-refractivity contribution is 9.10. The zero-order valence-corrected chi connectivity index (χ0v) is 15.8. The van der Waals surface area contributed by atoms with Crippen molar-refractivity contribution in [3.63, 3.8) is 0 Å². The molecule has 0 aromatic heterocycles. The number of ether oxygens (including phenoxy) is 2. The van der Waals surface area contributed by atoms with Gasteiger partial charge in [0.15, 0.2) is 11.5 Å². The molecule has 0 heterocycles. The molecule has 2 aromatic rings. The highest BCUT2D eigenvalue weighted by Crippen LogP contribution is 2.36. The van der Waals surface area contributed by atoms with Gasteiger partial charge in [0.1, 0.15) is 6.61 Å². The zero-order chi connectivity index (χ0) is 18.2. The highest BCUT2D eigenvalue weighted by Gasteiger charge is 2.11. The predicted octanol–water partition coefficient (Wildman–Crippen LogP) is 4.44. The predicted molar refractivity (Wildman–Crippen MR) is 103 cm³/mol. The average Bonchev–Trinajstić information content (AvgIpc) is 2.61. The fourth-order valence-corrected chi connectivity index (χ4v) is 2.63. The standard InChI is InChI=1S/C18H16BrClN2O3/c1-3-8-25-17-15(19)9-12(10-16(17)24-2)11-21-22-18(23)13-4-6-14(20)7-5-13/h3-7,9-11H,1,8H2,2H3,(H,22,23)/b21-11-. The van der Waals surface area contributed by atoms with Crippen LogP contribution in [0.25, 0.3) is 0 Å². The molecule has 130 valence electrons. The van der Waals surface area contributed by atoms with Crippen molar-refractivity contribution in [1.29, 1.82) is 0 Å². The van der Waals surface area contributed by atoms with Gasteiger partial charge in [0.2, 0.25) is 0 Å². The number of nitrogens with one attached hydrogen (secondary N) is 1. The summed E-state index contributed by atoms with van der Waals surface area (Å²) in [4.78, 5) is 12.0. The maximum atomic E-state index is 12.0.